The number of nitrogens with zero attached hydrogens (tertiary/aromatic N) is 2. The molecule has 1 aromatic carbocycles. The van der Waals surface area contributed by atoms with Gasteiger partial charge in [-0.25, -0.2) is 9.37 Å². The van der Waals surface area contributed by atoms with E-state index in [0.29, 0.717) is 29.1 Å². The van der Waals surface area contributed by atoms with Crippen molar-refractivity contribution in [2.24, 2.45) is 0 Å². The van der Waals surface area contributed by atoms with E-state index in [1.165, 1.54) is 12.3 Å². The lowest BCUT2D eigenvalue weighted by Crippen LogP contribution is -2.37. The normalized spacial score (nSPS) is 23.1. The molecule has 2 bridgehead atoms. The highest BCUT2D eigenvalue weighted by molar-refractivity contribution is 6.42. The fraction of sp³-hybridized carbons (Fsp3) is 0.353. The van der Waals surface area contributed by atoms with Gasteiger partial charge < -0.3 is 0 Å². The first-order chi connectivity index (χ1) is 11.0. The lowest BCUT2D eigenvalue weighted by atomic mass is 9.94. The van der Waals surface area contributed by atoms with Gasteiger partial charge in [0.1, 0.15) is 5.82 Å². The average molecular weight is 355 g/mol. The molecule has 2 atom stereocenters. The number of pyridine rings is 1. The first kappa shape index (κ1) is 15.3. The molecule has 0 saturated carbocycles. The molecular formula is C17H14Cl2F2N2. The number of hydrogen-bond donors (Lipinski definition) is 0. The summed E-state index contributed by atoms with van der Waals surface area (Å²) in [4.78, 5) is 6.00. The minimum Gasteiger partial charge on any atom is -0.289 e. The van der Waals surface area contributed by atoms with E-state index in [1.54, 1.807) is 6.07 Å². The predicted octanol–water partition coefficient (Wildman–Crippen LogP) is 4.93. The van der Waals surface area contributed by atoms with E-state index < -0.39 is 0 Å². The lowest BCUT2D eigenvalue weighted by Gasteiger charge is -2.36. The summed E-state index contributed by atoms with van der Waals surface area (Å²) in [5.74, 6) is -0.731. The zero-order valence-corrected chi connectivity index (χ0v) is 13.7. The molecule has 0 spiro atoms. The molecule has 1 saturated heterocycles. The van der Waals surface area contributed by atoms with Crippen LogP contribution in [0.3, 0.4) is 0 Å². The van der Waals surface area contributed by atoms with E-state index in [2.05, 4.69) is 9.88 Å². The van der Waals surface area contributed by atoms with Crippen LogP contribution in [0.15, 0.2) is 24.4 Å². The molecule has 2 nitrogen and oxygen atoms in total. The van der Waals surface area contributed by atoms with E-state index in [4.69, 9.17) is 23.2 Å². The predicted molar refractivity (Wildman–Crippen MR) is 85.6 cm³/mol. The second-order valence-electron chi connectivity index (χ2n) is 6.15. The van der Waals surface area contributed by atoms with Crippen molar-refractivity contribution in [3.63, 3.8) is 0 Å². The van der Waals surface area contributed by atoms with E-state index in [1.807, 2.05) is 6.07 Å². The van der Waals surface area contributed by atoms with Crippen LogP contribution in [0.2, 0.25) is 10.0 Å². The van der Waals surface area contributed by atoms with Crippen LogP contribution in [0, 0.1) is 11.8 Å². The van der Waals surface area contributed by atoms with E-state index in [-0.39, 0.29) is 28.9 Å². The smallest absolute Gasteiger partial charge is 0.216 e. The van der Waals surface area contributed by atoms with Gasteiger partial charge in [0.05, 0.1) is 10.0 Å². The largest absolute Gasteiger partial charge is 0.289 e. The molecule has 1 fully saturated rings. The Hall–Kier alpha value is -1.23. The van der Waals surface area contributed by atoms with Crippen molar-refractivity contribution >= 4 is 23.2 Å². The zero-order chi connectivity index (χ0) is 16.1. The Morgan fingerprint density at radius 3 is 2.78 bits per heavy atom. The number of aromatic nitrogens is 1. The van der Waals surface area contributed by atoms with Gasteiger partial charge in [-0.1, -0.05) is 23.2 Å². The maximum absolute atomic E-state index is 14.2. The van der Waals surface area contributed by atoms with Crippen molar-refractivity contribution in [3.05, 3.63) is 62.9 Å². The van der Waals surface area contributed by atoms with Gasteiger partial charge >= 0.3 is 0 Å². The number of benzene rings is 1. The third-order valence-electron chi connectivity index (χ3n) is 4.92. The third kappa shape index (κ3) is 2.53. The Morgan fingerprint density at radius 2 is 1.96 bits per heavy atom. The van der Waals surface area contributed by atoms with Crippen LogP contribution in [0.4, 0.5) is 8.78 Å². The van der Waals surface area contributed by atoms with Gasteiger partial charge in [-0.2, -0.15) is 4.39 Å². The highest BCUT2D eigenvalue weighted by Gasteiger charge is 2.41. The summed E-state index contributed by atoms with van der Waals surface area (Å²) in [6.07, 6.45) is 4.05. The van der Waals surface area contributed by atoms with Gasteiger partial charge in [0.2, 0.25) is 5.95 Å². The van der Waals surface area contributed by atoms with E-state index >= 15 is 0 Å². The Kier molecular flexibility index (Phi) is 3.79. The maximum Gasteiger partial charge on any atom is 0.216 e. The molecule has 120 valence electrons. The van der Waals surface area contributed by atoms with Crippen LogP contribution in [0.25, 0.3) is 0 Å². The van der Waals surface area contributed by atoms with E-state index in [9.17, 15) is 8.78 Å². The molecule has 2 unspecified atom stereocenters. The molecule has 0 N–H and O–H groups in total. The minimum absolute atomic E-state index is 0.107. The summed E-state index contributed by atoms with van der Waals surface area (Å²) >= 11 is 11.9. The molecule has 0 radical (unpaired) electrons. The van der Waals surface area contributed by atoms with Crippen LogP contribution < -0.4 is 0 Å². The molecule has 0 aliphatic carbocycles. The van der Waals surface area contributed by atoms with Crippen LogP contribution in [-0.4, -0.2) is 15.9 Å². The summed E-state index contributed by atoms with van der Waals surface area (Å²) in [6.45, 7) is 0.446. The van der Waals surface area contributed by atoms with Crippen LogP contribution in [0.1, 0.15) is 35.6 Å². The topological polar surface area (TPSA) is 16.1 Å². The van der Waals surface area contributed by atoms with Gasteiger partial charge in [-0.15, -0.1) is 0 Å². The number of rotatable bonds is 2. The summed E-state index contributed by atoms with van der Waals surface area (Å²) in [5.41, 5.74) is 2.21. The van der Waals surface area contributed by atoms with Crippen molar-refractivity contribution in [2.45, 2.75) is 37.9 Å². The SMILES string of the molecule is Fc1cc(Cl)c(Cl)cc1CN1C2CCC1c1ccnc(F)c1C2. The number of fused-ring (bicyclic) bond motifs is 4. The maximum atomic E-state index is 14.2. The van der Waals surface area contributed by atoms with Crippen LogP contribution >= 0.6 is 23.2 Å². The molecule has 3 heterocycles. The Labute approximate surface area is 143 Å². The van der Waals surface area contributed by atoms with Crippen molar-refractivity contribution < 1.29 is 8.78 Å². The second kappa shape index (κ2) is 5.69. The van der Waals surface area contributed by atoms with Crippen molar-refractivity contribution in [3.8, 4) is 0 Å². The van der Waals surface area contributed by atoms with Gasteiger partial charge in [0.15, 0.2) is 0 Å². The van der Waals surface area contributed by atoms with Crippen molar-refractivity contribution in [2.75, 3.05) is 0 Å². The summed E-state index contributed by atoms with van der Waals surface area (Å²) in [6, 6.07) is 5.03. The molecule has 2 aliphatic rings. The Balaban J connectivity index is 1.68. The molecule has 2 aromatic rings. The molecule has 23 heavy (non-hydrogen) atoms. The van der Waals surface area contributed by atoms with Crippen molar-refractivity contribution in [1.29, 1.82) is 0 Å². The number of halogens is 4. The quantitative estimate of drug-likeness (QED) is 0.561. The first-order valence-corrected chi connectivity index (χ1v) is 8.32. The fourth-order valence-corrected chi connectivity index (χ4v) is 4.18. The molecule has 2 aliphatic heterocycles. The van der Waals surface area contributed by atoms with Crippen LogP contribution in [-0.2, 0) is 13.0 Å². The zero-order valence-electron chi connectivity index (χ0n) is 12.2. The Morgan fingerprint density at radius 1 is 1.17 bits per heavy atom. The third-order valence-corrected chi connectivity index (χ3v) is 5.65. The van der Waals surface area contributed by atoms with Gasteiger partial charge in [0.25, 0.3) is 0 Å². The van der Waals surface area contributed by atoms with Gasteiger partial charge in [0, 0.05) is 36.0 Å². The average Bonchev–Trinajstić information content (AvgIpc) is 2.78. The molecule has 6 heteroatoms. The highest BCUT2D eigenvalue weighted by atomic mass is 35.5. The highest BCUT2D eigenvalue weighted by Crippen LogP contribution is 2.45. The molecular weight excluding hydrogens is 341 g/mol. The minimum atomic E-state index is -0.375. The molecule has 4 rings (SSSR count). The van der Waals surface area contributed by atoms with Gasteiger partial charge in [-0.05, 0) is 43.0 Å². The first-order valence-electron chi connectivity index (χ1n) is 7.57. The second-order valence-corrected chi connectivity index (χ2v) is 6.97. The lowest BCUT2D eigenvalue weighted by molar-refractivity contribution is 0.164. The number of hydrogen-bond acceptors (Lipinski definition) is 2. The van der Waals surface area contributed by atoms with Crippen molar-refractivity contribution in [1.82, 2.24) is 9.88 Å². The summed E-state index contributed by atoms with van der Waals surface area (Å²) < 4.78 is 28.1. The molecule has 1 aromatic heterocycles. The monoisotopic (exact) mass is 354 g/mol. The van der Waals surface area contributed by atoms with E-state index in [0.717, 1.165) is 18.4 Å². The molecule has 0 amide bonds. The van der Waals surface area contributed by atoms with Gasteiger partial charge in [-0.3, -0.25) is 4.90 Å². The Bertz CT molecular complexity index is 781. The summed E-state index contributed by atoms with van der Waals surface area (Å²) in [5, 5.41) is 0.566. The summed E-state index contributed by atoms with van der Waals surface area (Å²) in [7, 11) is 0. The standard InChI is InChI=1S/C17H14Cl2F2N2/c18-13-5-9(15(20)7-14(13)19)8-23-10-1-2-16(23)11-3-4-22-17(21)12(11)6-10/h3-5,7,10,16H,1-2,6,8H2. The fourth-order valence-electron chi connectivity index (χ4n) is 3.84. The van der Waals surface area contributed by atoms with Crippen LogP contribution in [0.5, 0.6) is 0 Å².